The second-order valence-corrected chi connectivity index (χ2v) is 10.9. The fourth-order valence-corrected chi connectivity index (χ4v) is 5.29. The average molecular weight is 535 g/mol. The molecule has 3 aliphatic rings. The molecule has 2 aromatic rings. The van der Waals surface area contributed by atoms with Gasteiger partial charge in [0.25, 0.3) is 5.91 Å². The summed E-state index contributed by atoms with van der Waals surface area (Å²) in [4.78, 5) is 43.3. The molecule has 1 aliphatic carbocycles. The first-order valence-electron chi connectivity index (χ1n) is 14.0. The molecule has 9 nitrogen and oxygen atoms in total. The standard InChI is InChI=1S/C30H38N4O5/c1-32-13-15-33(16-14-32)26-10-9-24(19-25(26)31-29(37)27-6-3-17-39-27)23-5-2-4-21(18-23)20-34(12-11-28(35)36)30(38)22-7-8-22/h2,4-5,9-10,18-19,22,27H,3,6-8,11-17,20H2,1H3,(H,31,37)(H,35,36). The summed E-state index contributed by atoms with van der Waals surface area (Å²) < 4.78 is 5.63. The number of carbonyl (C=O) groups is 3. The lowest BCUT2D eigenvalue weighted by Gasteiger charge is -2.35. The van der Waals surface area contributed by atoms with Gasteiger partial charge in [0.15, 0.2) is 0 Å². The Balaban J connectivity index is 1.39. The molecular weight excluding hydrogens is 496 g/mol. The van der Waals surface area contributed by atoms with E-state index in [0.29, 0.717) is 13.2 Å². The number of piperazine rings is 1. The maximum absolute atomic E-state index is 13.0. The third kappa shape index (κ3) is 6.96. The maximum Gasteiger partial charge on any atom is 0.305 e. The summed E-state index contributed by atoms with van der Waals surface area (Å²) in [6, 6.07) is 14.2. The van der Waals surface area contributed by atoms with E-state index in [1.54, 1.807) is 4.90 Å². The highest BCUT2D eigenvalue weighted by Gasteiger charge is 2.33. The number of anilines is 2. The molecule has 5 rings (SSSR count). The van der Waals surface area contributed by atoms with Crippen molar-refractivity contribution in [1.29, 1.82) is 0 Å². The Kier molecular flexibility index (Phi) is 8.47. The molecule has 9 heteroatoms. The monoisotopic (exact) mass is 534 g/mol. The first kappa shape index (κ1) is 27.1. The van der Waals surface area contributed by atoms with E-state index in [2.05, 4.69) is 34.3 Å². The molecule has 0 radical (unpaired) electrons. The molecule has 2 saturated heterocycles. The molecule has 2 aromatic carbocycles. The second-order valence-electron chi connectivity index (χ2n) is 10.9. The van der Waals surface area contributed by atoms with Crippen molar-refractivity contribution in [3.63, 3.8) is 0 Å². The number of rotatable bonds is 10. The summed E-state index contributed by atoms with van der Waals surface area (Å²) in [6.45, 7) is 4.88. The Morgan fingerprint density at radius 2 is 1.79 bits per heavy atom. The zero-order chi connectivity index (χ0) is 27.4. The van der Waals surface area contributed by atoms with Gasteiger partial charge in [-0.1, -0.05) is 24.3 Å². The van der Waals surface area contributed by atoms with Crippen LogP contribution >= 0.6 is 0 Å². The van der Waals surface area contributed by atoms with Gasteiger partial charge in [-0.25, -0.2) is 0 Å². The van der Waals surface area contributed by atoms with E-state index >= 15 is 0 Å². The highest BCUT2D eigenvalue weighted by Crippen LogP contribution is 2.34. The van der Waals surface area contributed by atoms with Gasteiger partial charge in [-0.15, -0.1) is 0 Å². The van der Waals surface area contributed by atoms with Crippen LogP contribution in [0, 0.1) is 5.92 Å². The van der Waals surface area contributed by atoms with Crippen molar-refractivity contribution in [2.45, 2.75) is 44.8 Å². The van der Waals surface area contributed by atoms with Gasteiger partial charge in [-0.05, 0) is 67.6 Å². The van der Waals surface area contributed by atoms with Gasteiger partial charge in [0.1, 0.15) is 6.10 Å². The van der Waals surface area contributed by atoms with E-state index in [0.717, 1.165) is 79.9 Å². The highest BCUT2D eigenvalue weighted by atomic mass is 16.5. The van der Waals surface area contributed by atoms with Crippen LogP contribution in [-0.2, 0) is 25.7 Å². The van der Waals surface area contributed by atoms with Crippen molar-refractivity contribution in [3.05, 3.63) is 48.0 Å². The zero-order valence-corrected chi connectivity index (χ0v) is 22.6. The molecule has 208 valence electrons. The predicted molar refractivity (Wildman–Crippen MR) is 150 cm³/mol. The summed E-state index contributed by atoms with van der Waals surface area (Å²) >= 11 is 0. The van der Waals surface area contributed by atoms with Gasteiger partial charge in [0.2, 0.25) is 5.91 Å². The fourth-order valence-electron chi connectivity index (χ4n) is 5.29. The van der Waals surface area contributed by atoms with Crippen LogP contribution in [0.5, 0.6) is 0 Å². The second kappa shape index (κ2) is 12.2. The predicted octanol–water partition coefficient (Wildman–Crippen LogP) is 3.44. The fraction of sp³-hybridized carbons (Fsp3) is 0.500. The number of carboxylic acid groups (broad SMARTS) is 1. The molecule has 1 atom stereocenters. The normalized spacial score (nSPS) is 19.6. The average Bonchev–Trinajstić information content (AvgIpc) is 3.64. The first-order chi connectivity index (χ1) is 18.9. The maximum atomic E-state index is 13.0. The van der Waals surface area contributed by atoms with Gasteiger partial charge in [-0.3, -0.25) is 14.4 Å². The Morgan fingerprint density at radius 1 is 1.03 bits per heavy atom. The number of nitrogens with zero attached hydrogens (tertiary/aromatic N) is 3. The third-order valence-electron chi connectivity index (χ3n) is 7.79. The zero-order valence-electron chi connectivity index (χ0n) is 22.6. The molecule has 2 aliphatic heterocycles. The number of aliphatic carboxylic acids is 1. The van der Waals surface area contributed by atoms with Crippen LogP contribution in [-0.4, -0.2) is 85.2 Å². The van der Waals surface area contributed by atoms with E-state index in [1.165, 1.54) is 0 Å². The Labute approximate surface area is 229 Å². The van der Waals surface area contributed by atoms with Crippen molar-refractivity contribution in [2.75, 3.05) is 56.6 Å². The molecule has 2 amide bonds. The van der Waals surface area contributed by atoms with Crippen molar-refractivity contribution in [1.82, 2.24) is 9.80 Å². The number of amides is 2. The van der Waals surface area contributed by atoms with Crippen LogP contribution in [0.4, 0.5) is 11.4 Å². The largest absolute Gasteiger partial charge is 0.481 e. The number of carboxylic acids is 1. The molecule has 1 unspecified atom stereocenters. The van der Waals surface area contributed by atoms with Gasteiger partial charge in [0, 0.05) is 51.8 Å². The lowest BCUT2D eigenvalue weighted by atomic mass is 10.0. The minimum absolute atomic E-state index is 0.0270. The molecule has 39 heavy (non-hydrogen) atoms. The number of hydrogen-bond acceptors (Lipinski definition) is 6. The van der Waals surface area contributed by atoms with E-state index in [4.69, 9.17) is 9.84 Å². The quantitative estimate of drug-likeness (QED) is 0.482. The minimum Gasteiger partial charge on any atom is -0.481 e. The molecule has 0 spiro atoms. The van der Waals surface area contributed by atoms with Crippen molar-refractivity contribution in [3.8, 4) is 11.1 Å². The van der Waals surface area contributed by atoms with Gasteiger partial charge >= 0.3 is 5.97 Å². The number of carbonyl (C=O) groups excluding carboxylic acids is 2. The molecule has 2 N–H and O–H groups in total. The van der Waals surface area contributed by atoms with Crippen molar-refractivity contribution in [2.24, 2.45) is 5.92 Å². The number of likely N-dealkylation sites (N-methyl/N-ethyl adjacent to an activating group) is 1. The summed E-state index contributed by atoms with van der Waals surface area (Å²) in [6.07, 6.45) is 2.89. The van der Waals surface area contributed by atoms with Crippen LogP contribution in [0.1, 0.15) is 37.7 Å². The van der Waals surface area contributed by atoms with Crippen LogP contribution in [0.2, 0.25) is 0 Å². The summed E-state index contributed by atoms with van der Waals surface area (Å²) in [5.74, 6) is -0.951. The van der Waals surface area contributed by atoms with Gasteiger partial charge in [0.05, 0.1) is 17.8 Å². The minimum atomic E-state index is -0.907. The van der Waals surface area contributed by atoms with Crippen LogP contribution in [0.3, 0.4) is 0 Å². The van der Waals surface area contributed by atoms with Crippen LogP contribution < -0.4 is 10.2 Å². The smallest absolute Gasteiger partial charge is 0.305 e. The highest BCUT2D eigenvalue weighted by molar-refractivity contribution is 5.98. The van der Waals surface area contributed by atoms with E-state index in [1.807, 2.05) is 30.3 Å². The number of benzene rings is 2. The van der Waals surface area contributed by atoms with Crippen LogP contribution in [0.15, 0.2) is 42.5 Å². The molecule has 1 saturated carbocycles. The van der Waals surface area contributed by atoms with Gasteiger partial charge < -0.3 is 29.9 Å². The van der Waals surface area contributed by atoms with E-state index < -0.39 is 12.1 Å². The van der Waals surface area contributed by atoms with Gasteiger partial charge in [-0.2, -0.15) is 0 Å². The molecule has 0 bridgehead atoms. The van der Waals surface area contributed by atoms with E-state index in [9.17, 15) is 14.4 Å². The lowest BCUT2D eigenvalue weighted by molar-refractivity contribution is -0.139. The topological polar surface area (TPSA) is 102 Å². The summed E-state index contributed by atoms with van der Waals surface area (Å²) in [7, 11) is 2.12. The first-order valence-corrected chi connectivity index (χ1v) is 14.0. The number of hydrogen-bond donors (Lipinski definition) is 2. The number of ether oxygens (including phenoxy) is 1. The Hall–Kier alpha value is -3.43. The Morgan fingerprint density at radius 3 is 2.49 bits per heavy atom. The molecule has 2 heterocycles. The third-order valence-corrected chi connectivity index (χ3v) is 7.79. The molecule has 0 aromatic heterocycles. The molecular formula is C30H38N4O5. The van der Waals surface area contributed by atoms with E-state index in [-0.39, 0.29) is 30.7 Å². The summed E-state index contributed by atoms with van der Waals surface area (Å²) in [5.41, 5.74) is 4.66. The SMILES string of the molecule is CN1CCN(c2ccc(-c3cccc(CN(CCC(=O)O)C(=O)C4CC4)c3)cc2NC(=O)C2CCCO2)CC1. The number of nitrogens with one attached hydrogen (secondary N) is 1. The Bertz CT molecular complexity index is 1200. The van der Waals surface area contributed by atoms with Crippen molar-refractivity contribution >= 4 is 29.2 Å². The molecule has 3 fully saturated rings. The van der Waals surface area contributed by atoms with Crippen molar-refractivity contribution < 1.29 is 24.2 Å². The lowest BCUT2D eigenvalue weighted by Crippen LogP contribution is -2.44. The summed E-state index contributed by atoms with van der Waals surface area (Å²) in [5, 5.41) is 12.3. The van der Waals surface area contributed by atoms with Crippen LogP contribution in [0.25, 0.3) is 11.1 Å².